The van der Waals surface area contributed by atoms with Gasteiger partial charge in [-0.3, -0.25) is 9.59 Å². The summed E-state index contributed by atoms with van der Waals surface area (Å²) in [4.78, 5) is 29.6. The lowest BCUT2D eigenvalue weighted by atomic mass is 10.4. The molecule has 0 unspecified atom stereocenters. The zero-order valence-electron chi connectivity index (χ0n) is 8.57. The average Bonchev–Trinajstić information content (AvgIpc) is 2.73. The van der Waals surface area contributed by atoms with Crippen molar-refractivity contribution in [1.29, 1.82) is 0 Å². The first kappa shape index (κ1) is 12.0. The highest BCUT2D eigenvalue weighted by Crippen LogP contribution is 2.21. The molecule has 17 heavy (non-hydrogen) atoms. The van der Waals surface area contributed by atoms with Crippen LogP contribution in [0.4, 0.5) is 0 Å². The molecule has 0 aliphatic rings. The summed E-state index contributed by atoms with van der Waals surface area (Å²) >= 11 is 4.90. The number of amides is 1. The highest BCUT2D eigenvalue weighted by molar-refractivity contribution is 9.11. The van der Waals surface area contributed by atoms with E-state index in [2.05, 4.69) is 31.2 Å². The van der Waals surface area contributed by atoms with Crippen molar-refractivity contribution < 1.29 is 4.79 Å². The van der Waals surface area contributed by atoms with E-state index in [1.54, 1.807) is 11.3 Å². The first-order chi connectivity index (χ1) is 8.15. The van der Waals surface area contributed by atoms with E-state index < -0.39 is 0 Å². The number of nitrogens with one attached hydrogen (secondary N) is 2. The van der Waals surface area contributed by atoms with Crippen molar-refractivity contribution in [3.8, 4) is 0 Å². The van der Waals surface area contributed by atoms with Crippen molar-refractivity contribution in [3.63, 3.8) is 0 Å². The third-order valence-corrected chi connectivity index (χ3v) is 3.58. The molecule has 7 heteroatoms. The van der Waals surface area contributed by atoms with Gasteiger partial charge in [-0.1, -0.05) is 0 Å². The lowest BCUT2D eigenvalue weighted by molar-refractivity contribution is 0.0946. The SMILES string of the molecule is O=C(NCc1ccc(Br)s1)c1c[nH]c(=O)cn1. The molecule has 0 radical (unpaired) electrons. The molecule has 2 aromatic rings. The van der Waals surface area contributed by atoms with Crippen molar-refractivity contribution in [1.82, 2.24) is 15.3 Å². The second kappa shape index (κ2) is 5.24. The summed E-state index contributed by atoms with van der Waals surface area (Å²) in [6.45, 7) is 0.440. The Morgan fingerprint density at radius 1 is 1.53 bits per heavy atom. The number of thiophene rings is 1. The van der Waals surface area contributed by atoms with E-state index in [1.807, 2.05) is 12.1 Å². The second-order valence-electron chi connectivity index (χ2n) is 3.18. The number of hydrogen-bond acceptors (Lipinski definition) is 4. The number of aromatic amines is 1. The minimum absolute atomic E-state index is 0.195. The summed E-state index contributed by atoms with van der Waals surface area (Å²) in [5, 5.41) is 2.71. The fraction of sp³-hybridized carbons (Fsp3) is 0.100. The largest absolute Gasteiger partial charge is 0.346 e. The molecule has 0 aliphatic carbocycles. The number of hydrogen-bond donors (Lipinski definition) is 2. The van der Waals surface area contributed by atoms with Gasteiger partial charge in [0.05, 0.1) is 16.5 Å². The quantitative estimate of drug-likeness (QED) is 0.902. The molecule has 0 fully saturated rings. The lowest BCUT2D eigenvalue weighted by Crippen LogP contribution is -2.24. The molecule has 0 saturated carbocycles. The van der Waals surface area contributed by atoms with E-state index in [0.29, 0.717) is 6.54 Å². The lowest BCUT2D eigenvalue weighted by Gasteiger charge is -2.01. The topological polar surface area (TPSA) is 74.8 Å². The smallest absolute Gasteiger partial charge is 0.271 e. The molecule has 0 saturated heterocycles. The predicted octanol–water partition coefficient (Wildman–Crippen LogP) is 1.52. The van der Waals surface area contributed by atoms with Crippen molar-refractivity contribution in [3.05, 3.63) is 49.2 Å². The van der Waals surface area contributed by atoms with E-state index in [9.17, 15) is 9.59 Å². The third-order valence-electron chi connectivity index (χ3n) is 1.96. The number of nitrogens with zero attached hydrogens (tertiary/aromatic N) is 1. The highest BCUT2D eigenvalue weighted by atomic mass is 79.9. The number of aromatic nitrogens is 2. The summed E-state index contributed by atoms with van der Waals surface area (Å²) in [6.07, 6.45) is 2.37. The van der Waals surface area contributed by atoms with Gasteiger partial charge < -0.3 is 10.3 Å². The van der Waals surface area contributed by atoms with E-state index in [1.165, 1.54) is 6.20 Å². The van der Waals surface area contributed by atoms with Gasteiger partial charge in [0.1, 0.15) is 5.69 Å². The maximum Gasteiger partial charge on any atom is 0.271 e. The molecule has 0 spiro atoms. The molecule has 88 valence electrons. The van der Waals surface area contributed by atoms with Gasteiger partial charge >= 0.3 is 0 Å². The zero-order valence-corrected chi connectivity index (χ0v) is 11.0. The number of carbonyl (C=O) groups excluding carboxylic acids is 1. The fourth-order valence-corrected chi connectivity index (χ4v) is 2.59. The van der Waals surface area contributed by atoms with Crippen molar-refractivity contribution >= 4 is 33.2 Å². The summed E-state index contributed by atoms with van der Waals surface area (Å²) in [7, 11) is 0. The van der Waals surface area contributed by atoms with Gasteiger partial charge in [0, 0.05) is 11.1 Å². The van der Waals surface area contributed by atoms with E-state index in [-0.39, 0.29) is 17.2 Å². The Balaban J connectivity index is 1.98. The fourth-order valence-electron chi connectivity index (χ4n) is 1.17. The maximum absolute atomic E-state index is 11.6. The first-order valence-corrected chi connectivity index (χ1v) is 6.33. The Labute approximate surface area is 109 Å². The number of halogens is 1. The van der Waals surface area contributed by atoms with Crippen LogP contribution >= 0.6 is 27.3 Å². The van der Waals surface area contributed by atoms with Gasteiger partial charge in [0.2, 0.25) is 0 Å². The van der Waals surface area contributed by atoms with E-state index in [4.69, 9.17) is 0 Å². The predicted molar refractivity (Wildman–Crippen MR) is 68.0 cm³/mol. The number of H-pyrrole nitrogens is 1. The Hall–Kier alpha value is -1.47. The van der Waals surface area contributed by atoms with Crippen molar-refractivity contribution in [2.24, 2.45) is 0 Å². The number of rotatable bonds is 3. The Morgan fingerprint density at radius 3 is 2.94 bits per heavy atom. The molecule has 5 nitrogen and oxygen atoms in total. The van der Waals surface area contributed by atoms with Gasteiger partial charge in [0.25, 0.3) is 11.5 Å². The molecular weight excluding hydrogens is 306 g/mol. The monoisotopic (exact) mass is 313 g/mol. The highest BCUT2D eigenvalue weighted by Gasteiger charge is 2.07. The Kier molecular flexibility index (Phi) is 3.70. The van der Waals surface area contributed by atoms with Crippen LogP contribution < -0.4 is 10.9 Å². The maximum atomic E-state index is 11.6. The van der Waals surface area contributed by atoms with Crippen LogP contribution in [-0.2, 0) is 6.54 Å². The Bertz CT molecular complexity index is 573. The molecule has 0 aromatic carbocycles. The van der Waals surface area contributed by atoms with Crippen LogP contribution in [0.5, 0.6) is 0 Å². The van der Waals surface area contributed by atoms with Crippen LogP contribution in [0.25, 0.3) is 0 Å². The van der Waals surface area contributed by atoms with Crippen LogP contribution in [0, 0.1) is 0 Å². The minimum atomic E-state index is -0.330. The molecule has 2 heterocycles. The average molecular weight is 314 g/mol. The molecular formula is C10H8BrN3O2S. The van der Waals surface area contributed by atoms with Gasteiger partial charge in [-0.2, -0.15) is 0 Å². The van der Waals surface area contributed by atoms with Crippen molar-refractivity contribution in [2.75, 3.05) is 0 Å². The minimum Gasteiger partial charge on any atom is -0.346 e. The molecule has 2 rings (SSSR count). The van der Waals surface area contributed by atoms with Gasteiger partial charge in [-0.05, 0) is 28.1 Å². The van der Waals surface area contributed by atoms with E-state index in [0.717, 1.165) is 14.9 Å². The van der Waals surface area contributed by atoms with Gasteiger partial charge in [0.15, 0.2) is 0 Å². The van der Waals surface area contributed by atoms with Gasteiger partial charge in [-0.25, -0.2) is 4.98 Å². The van der Waals surface area contributed by atoms with Crippen LogP contribution in [0.1, 0.15) is 15.4 Å². The molecule has 0 atom stereocenters. The van der Waals surface area contributed by atoms with Crippen LogP contribution in [-0.4, -0.2) is 15.9 Å². The summed E-state index contributed by atoms with van der Waals surface area (Å²) in [5.74, 6) is -0.314. The third kappa shape index (κ3) is 3.24. The second-order valence-corrected chi connectivity index (χ2v) is 5.73. The van der Waals surface area contributed by atoms with Gasteiger partial charge in [-0.15, -0.1) is 11.3 Å². The summed E-state index contributed by atoms with van der Waals surface area (Å²) in [5.41, 5.74) is -0.135. The molecule has 2 N–H and O–H groups in total. The summed E-state index contributed by atoms with van der Waals surface area (Å²) in [6, 6.07) is 3.85. The molecule has 2 aromatic heterocycles. The molecule has 1 amide bonds. The standard InChI is InChI=1S/C10H8BrN3O2S/c11-8-2-1-6(17-8)3-14-10(16)7-4-13-9(15)5-12-7/h1-2,4-5H,3H2,(H,13,15)(H,14,16). The normalized spacial score (nSPS) is 10.2. The Morgan fingerprint density at radius 2 is 2.35 bits per heavy atom. The van der Waals surface area contributed by atoms with Crippen LogP contribution in [0.2, 0.25) is 0 Å². The summed E-state index contributed by atoms with van der Waals surface area (Å²) < 4.78 is 1.02. The first-order valence-electron chi connectivity index (χ1n) is 4.72. The van der Waals surface area contributed by atoms with Crippen LogP contribution in [0.3, 0.4) is 0 Å². The van der Waals surface area contributed by atoms with E-state index >= 15 is 0 Å². The molecule has 0 bridgehead atoms. The molecule has 0 aliphatic heterocycles. The zero-order chi connectivity index (χ0) is 12.3. The van der Waals surface area contributed by atoms with Crippen molar-refractivity contribution in [2.45, 2.75) is 6.54 Å². The van der Waals surface area contributed by atoms with Crippen LogP contribution in [0.15, 0.2) is 33.1 Å². The number of carbonyl (C=O) groups is 1.